The molecule has 0 aliphatic carbocycles. The molecule has 0 unspecified atom stereocenters. The van der Waals surface area contributed by atoms with Crippen LogP contribution in [0.2, 0.25) is 0 Å². The lowest BCUT2D eigenvalue weighted by Crippen LogP contribution is -2.06. The standard InChI is InChI=1S/C25H19F3N2O2/c26-25(27,28)21-13-7-12-20(14-21)22-15-23(31-16-18-8-3-1-4-9-18)24(30-29-22)32-17-19-10-5-2-6-11-19/h1-15H,16-17H2. The normalized spacial score (nSPS) is 11.2. The molecular formula is C25H19F3N2O2. The summed E-state index contributed by atoms with van der Waals surface area (Å²) >= 11 is 0. The number of rotatable bonds is 7. The van der Waals surface area contributed by atoms with Crippen LogP contribution >= 0.6 is 0 Å². The van der Waals surface area contributed by atoms with Gasteiger partial charge in [-0.25, -0.2) is 0 Å². The fourth-order valence-electron chi connectivity index (χ4n) is 3.02. The molecule has 0 aliphatic heterocycles. The lowest BCUT2D eigenvalue weighted by molar-refractivity contribution is -0.137. The molecule has 0 saturated heterocycles. The van der Waals surface area contributed by atoms with Gasteiger partial charge < -0.3 is 9.47 Å². The monoisotopic (exact) mass is 436 g/mol. The molecule has 4 nitrogen and oxygen atoms in total. The van der Waals surface area contributed by atoms with Gasteiger partial charge >= 0.3 is 6.18 Å². The van der Waals surface area contributed by atoms with Crippen LogP contribution in [0.5, 0.6) is 11.6 Å². The second kappa shape index (κ2) is 9.51. The maximum Gasteiger partial charge on any atom is 0.416 e. The highest BCUT2D eigenvalue weighted by Crippen LogP contribution is 2.34. The first-order valence-electron chi connectivity index (χ1n) is 9.88. The highest BCUT2D eigenvalue weighted by Gasteiger charge is 2.30. The van der Waals surface area contributed by atoms with E-state index in [1.165, 1.54) is 6.07 Å². The lowest BCUT2D eigenvalue weighted by Gasteiger charge is -2.13. The van der Waals surface area contributed by atoms with E-state index in [0.717, 1.165) is 23.3 Å². The van der Waals surface area contributed by atoms with Crippen LogP contribution in [0.4, 0.5) is 13.2 Å². The van der Waals surface area contributed by atoms with E-state index in [1.807, 2.05) is 60.7 Å². The van der Waals surface area contributed by atoms with Gasteiger partial charge in [0.1, 0.15) is 13.2 Å². The molecule has 0 atom stereocenters. The van der Waals surface area contributed by atoms with E-state index in [2.05, 4.69) is 10.2 Å². The fourth-order valence-corrected chi connectivity index (χ4v) is 3.02. The molecule has 0 bridgehead atoms. The number of benzene rings is 3. The van der Waals surface area contributed by atoms with E-state index in [-0.39, 0.29) is 30.4 Å². The van der Waals surface area contributed by atoms with Crippen LogP contribution in [-0.4, -0.2) is 10.2 Å². The Balaban J connectivity index is 1.62. The molecule has 1 aromatic heterocycles. The highest BCUT2D eigenvalue weighted by atomic mass is 19.4. The molecular weight excluding hydrogens is 417 g/mol. The van der Waals surface area contributed by atoms with Crippen molar-refractivity contribution in [3.8, 4) is 22.9 Å². The van der Waals surface area contributed by atoms with Gasteiger partial charge in [0.2, 0.25) is 0 Å². The van der Waals surface area contributed by atoms with Crippen LogP contribution in [0.3, 0.4) is 0 Å². The summed E-state index contributed by atoms with van der Waals surface area (Å²) in [6.45, 7) is 0.496. The van der Waals surface area contributed by atoms with Crippen molar-refractivity contribution < 1.29 is 22.6 Å². The number of halogens is 3. The molecule has 4 aromatic rings. The van der Waals surface area contributed by atoms with E-state index in [9.17, 15) is 13.2 Å². The minimum Gasteiger partial charge on any atom is -0.483 e. The third-order valence-electron chi connectivity index (χ3n) is 4.67. The van der Waals surface area contributed by atoms with Crippen molar-refractivity contribution in [2.75, 3.05) is 0 Å². The number of hydrogen-bond acceptors (Lipinski definition) is 4. The largest absolute Gasteiger partial charge is 0.483 e. The SMILES string of the molecule is FC(F)(F)c1cccc(-c2cc(OCc3ccccc3)c(OCc3ccccc3)nn2)c1. The lowest BCUT2D eigenvalue weighted by atomic mass is 10.1. The van der Waals surface area contributed by atoms with Crippen molar-refractivity contribution >= 4 is 0 Å². The third-order valence-corrected chi connectivity index (χ3v) is 4.67. The Hall–Kier alpha value is -3.87. The number of ether oxygens (including phenoxy) is 2. The molecule has 1 heterocycles. The minimum atomic E-state index is -4.45. The summed E-state index contributed by atoms with van der Waals surface area (Å²) < 4.78 is 51.1. The summed E-state index contributed by atoms with van der Waals surface area (Å²) in [5.74, 6) is 0.465. The highest BCUT2D eigenvalue weighted by molar-refractivity contribution is 5.62. The van der Waals surface area contributed by atoms with Crippen LogP contribution in [0.1, 0.15) is 16.7 Å². The number of aromatic nitrogens is 2. The molecule has 0 N–H and O–H groups in total. The van der Waals surface area contributed by atoms with Crippen molar-refractivity contribution in [1.82, 2.24) is 10.2 Å². The summed E-state index contributed by atoms with van der Waals surface area (Å²) in [5.41, 5.74) is 1.65. The summed E-state index contributed by atoms with van der Waals surface area (Å²) in [5, 5.41) is 8.17. The maximum absolute atomic E-state index is 13.1. The Bertz CT molecular complexity index is 1170. The Morgan fingerprint density at radius 3 is 1.91 bits per heavy atom. The first-order valence-corrected chi connectivity index (χ1v) is 9.88. The Labute approximate surface area is 183 Å². The summed E-state index contributed by atoms with van der Waals surface area (Å²) in [6, 6.07) is 25.5. The second-order valence-electron chi connectivity index (χ2n) is 7.03. The van der Waals surface area contributed by atoms with Gasteiger partial charge in [-0.15, -0.1) is 10.2 Å². The molecule has 0 fully saturated rings. The second-order valence-corrected chi connectivity index (χ2v) is 7.03. The number of alkyl halides is 3. The molecule has 162 valence electrons. The molecule has 0 aliphatic rings. The van der Waals surface area contributed by atoms with Gasteiger partial charge in [0.25, 0.3) is 5.88 Å². The van der Waals surface area contributed by atoms with Gasteiger partial charge in [-0.05, 0) is 23.3 Å². The van der Waals surface area contributed by atoms with Crippen molar-refractivity contribution in [1.29, 1.82) is 0 Å². The first kappa shape index (κ1) is 21.4. The smallest absolute Gasteiger partial charge is 0.416 e. The molecule has 4 rings (SSSR count). The van der Waals surface area contributed by atoms with Gasteiger partial charge in [0, 0.05) is 11.6 Å². The zero-order chi connectivity index (χ0) is 22.4. The number of hydrogen-bond donors (Lipinski definition) is 0. The van der Waals surface area contributed by atoms with E-state index < -0.39 is 11.7 Å². The van der Waals surface area contributed by atoms with Crippen molar-refractivity contribution in [3.63, 3.8) is 0 Å². The van der Waals surface area contributed by atoms with Crippen LogP contribution in [0.25, 0.3) is 11.3 Å². The van der Waals surface area contributed by atoms with Crippen LogP contribution in [-0.2, 0) is 19.4 Å². The summed E-state index contributed by atoms with van der Waals surface area (Å²) in [6.07, 6.45) is -4.45. The predicted molar refractivity (Wildman–Crippen MR) is 114 cm³/mol. The van der Waals surface area contributed by atoms with E-state index in [4.69, 9.17) is 9.47 Å². The molecule has 7 heteroatoms. The van der Waals surface area contributed by atoms with Crippen LogP contribution in [0, 0.1) is 0 Å². The van der Waals surface area contributed by atoms with E-state index in [0.29, 0.717) is 5.75 Å². The summed E-state index contributed by atoms with van der Waals surface area (Å²) in [4.78, 5) is 0. The minimum absolute atomic E-state index is 0.167. The molecule has 3 aromatic carbocycles. The van der Waals surface area contributed by atoms with E-state index in [1.54, 1.807) is 12.1 Å². The Morgan fingerprint density at radius 2 is 1.28 bits per heavy atom. The van der Waals surface area contributed by atoms with Gasteiger partial charge in [0.15, 0.2) is 5.75 Å². The van der Waals surface area contributed by atoms with Crippen molar-refractivity contribution in [2.45, 2.75) is 19.4 Å². The van der Waals surface area contributed by atoms with E-state index >= 15 is 0 Å². The average Bonchev–Trinajstić information content (AvgIpc) is 2.82. The topological polar surface area (TPSA) is 44.2 Å². The quantitative estimate of drug-likeness (QED) is 0.340. The van der Waals surface area contributed by atoms with Crippen molar-refractivity contribution in [3.05, 3.63) is 108 Å². The predicted octanol–water partition coefficient (Wildman–Crippen LogP) is 6.32. The molecule has 0 saturated carbocycles. The van der Waals surface area contributed by atoms with Gasteiger partial charge in [0.05, 0.1) is 11.3 Å². The molecule has 0 spiro atoms. The average molecular weight is 436 g/mol. The third kappa shape index (κ3) is 5.43. The molecule has 0 radical (unpaired) electrons. The maximum atomic E-state index is 13.1. The zero-order valence-electron chi connectivity index (χ0n) is 16.9. The van der Waals surface area contributed by atoms with Crippen molar-refractivity contribution in [2.24, 2.45) is 0 Å². The van der Waals surface area contributed by atoms with Gasteiger partial charge in [-0.1, -0.05) is 72.8 Å². The molecule has 0 amide bonds. The molecule has 32 heavy (non-hydrogen) atoms. The Morgan fingerprint density at radius 1 is 0.656 bits per heavy atom. The van der Waals surface area contributed by atoms with Crippen LogP contribution in [0.15, 0.2) is 91.0 Å². The fraction of sp³-hybridized carbons (Fsp3) is 0.120. The van der Waals surface area contributed by atoms with Gasteiger partial charge in [-0.2, -0.15) is 13.2 Å². The number of nitrogens with zero attached hydrogens (tertiary/aromatic N) is 2. The Kier molecular flexibility index (Phi) is 6.35. The summed E-state index contributed by atoms with van der Waals surface area (Å²) in [7, 11) is 0. The first-order chi connectivity index (χ1) is 15.5. The van der Waals surface area contributed by atoms with Crippen LogP contribution < -0.4 is 9.47 Å². The van der Waals surface area contributed by atoms with Gasteiger partial charge in [-0.3, -0.25) is 0 Å². The zero-order valence-corrected chi connectivity index (χ0v) is 16.9.